The van der Waals surface area contributed by atoms with Crippen LogP contribution in [-0.2, 0) is 0 Å². The Morgan fingerprint density at radius 3 is 2.17 bits per heavy atom. The molecule has 3 heteroatoms. The van der Waals surface area contributed by atoms with Gasteiger partial charge in [-0.3, -0.25) is 0 Å². The highest BCUT2D eigenvalue weighted by Crippen LogP contribution is 2.04. The van der Waals surface area contributed by atoms with E-state index in [-0.39, 0.29) is 0 Å². The fourth-order valence-corrected chi connectivity index (χ4v) is 1.27. The molecule has 0 bridgehead atoms. The first kappa shape index (κ1) is 11.7. The van der Waals surface area contributed by atoms with Crippen molar-refractivity contribution in [3.8, 4) is 0 Å². The molecule has 0 aromatic heterocycles. The van der Waals surface area contributed by atoms with Crippen molar-refractivity contribution in [2.45, 2.75) is 33.6 Å². The summed E-state index contributed by atoms with van der Waals surface area (Å²) in [6, 6.07) is 0. The molecule has 0 fully saturated rings. The van der Waals surface area contributed by atoms with Gasteiger partial charge in [0.05, 0.1) is 0 Å². The fraction of sp³-hybridized carbons (Fsp3) is 0.889. The average Bonchev–Trinajstić information content (AvgIpc) is 2.07. The molecule has 0 atom stereocenters. The molecule has 0 saturated carbocycles. The van der Waals surface area contributed by atoms with Crippen molar-refractivity contribution >= 4 is 17.3 Å². The van der Waals surface area contributed by atoms with Crippen LogP contribution in [0.15, 0.2) is 0 Å². The lowest BCUT2D eigenvalue weighted by atomic mass is 10.0. The molecule has 2 nitrogen and oxygen atoms in total. The highest BCUT2D eigenvalue weighted by atomic mass is 32.1. The van der Waals surface area contributed by atoms with Gasteiger partial charge in [-0.05, 0) is 25.1 Å². The summed E-state index contributed by atoms with van der Waals surface area (Å²) < 4.78 is 0. The zero-order valence-corrected chi connectivity index (χ0v) is 9.13. The minimum absolute atomic E-state index is 0.751. The van der Waals surface area contributed by atoms with Crippen LogP contribution < -0.4 is 10.6 Å². The second-order valence-electron chi connectivity index (χ2n) is 2.92. The summed E-state index contributed by atoms with van der Waals surface area (Å²) in [5.41, 5.74) is 0. The monoisotopic (exact) mass is 188 g/mol. The first-order chi connectivity index (χ1) is 5.74. The largest absolute Gasteiger partial charge is 0.363 e. The molecular weight excluding hydrogens is 168 g/mol. The van der Waals surface area contributed by atoms with E-state index in [0.717, 1.165) is 24.1 Å². The zero-order valence-electron chi connectivity index (χ0n) is 8.31. The maximum Gasteiger partial charge on any atom is 0.166 e. The Kier molecular flexibility index (Phi) is 7.16. The smallest absolute Gasteiger partial charge is 0.166 e. The van der Waals surface area contributed by atoms with E-state index >= 15 is 0 Å². The van der Waals surface area contributed by atoms with E-state index in [4.69, 9.17) is 12.2 Å². The number of hydrogen-bond donors (Lipinski definition) is 2. The lowest BCUT2D eigenvalue weighted by Gasteiger charge is -2.14. The second kappa shape index (κ2) is 7.35. The summed E-state index contributed by atoms with van der Waals surface area (Å²) in [5.74, 6) is 0.751. The van der Waals surface area contributed by atoms with Crippen LogP contribution in [0.4, 0.5) is 0 Å². The van der Waals surface area contributed by atoms with Gasteiger partial charge in [0, 0.05) is 13.1 Å². The van der Waals surface area contributed by atoms with E-state index in [9.17, 15) is 0 Å². The van der Waals surface area contributed by atoms with Crippen molar-refractivity contribution < 1.29 is 0 Å². The lowest BCUT2D eigenvalue weighted by Crippen LogP contribution is -2.37. The Morgan fingerprint density at radius 2 is 1.75 bits per heavy atom. The van der Waals surface area contributed by atoms with Gasteiger partial charge in [0.1, 0.15) is 0 Å². The summed E-state index contributed by atoms with van der Waals surface area (Å²) >= 11 is 5.05. The Balaban J connectivity index is 3.44. The third-order valence-electron chi connectivity index (χ3n) is 2.04. The summed E-state index contributed by atoms with van der Waals surface area (Å²) in [4.78, 5) is 0. The van der Waals surface area contributed by atoms with Gasteiger partial charge >= 0.3 is 0 Å². The van der Waals surface area contributed by atoms with Crippen molar-refractivity contribution in [3.05, 3.63) is 0 Å². The molecule has 0 aliphatic rings. The van der Waals surface area contributed by atoms with Crippen molar-refractivity contribution in [2.24, 2.45) is 5.92 Å². The van der Waals surface area contributed by atoms with E-state index in [2.05, 4.69) is 24.5 Å². The molecule has 0 radical (unpaired) electrons. The van der Waals surface area contributed by atoms with Crippen LogP contribution in [0.2, 0.25) is 0 Å². The first-order valence-electron chi connectivity index (χ1n) is 4.76. The Labute approximate surface area is 81.1 Å². The Morgan fingerprint density at radius 1 is 1.17 bits per heavy atom. The second-order valence-corrected chi connectivity index (χ2v) is 3.33. The molecule has 0 rings (SSSR count). The molecule has 12 heavy (non-hydrogen) atoms. The van der Waals surface area contributed by atoms with Gasteiger partial charge < -0.3 is 10.6 Å². The number of hydrogen-bond acceptors (Lipinski definition) is 1. The van der Waals surface area contributed by atoms with Crippen LogP contribution >= 0.6 is 12.2 Å². The molecule has 0 aromatic rings. The molecule has 0 aromatic carbocycles. The van der Waals surface area contributed by atoms with Crippen LogP contribution in [0.1, 0.15) is 33.6 Å². The topological polar surface area (TPSA) is 24.1 Å². The summed E-state index contributed by atoms with van der Waals surface area (Å²) in [5, 5.41) is 7.06. The van der Waals surface area contributed by atoms with E-state index in [1.165, 1.54) is 12.8 Å². The third kappa shape index (κ3) is 5.35. The molecule has 72 valence electrons. The quantitative estimate of drug-likeness (QED) is 0.644. The van der Waals surface area contributed by atoms with Gasteiger partial charge in [0.2, 0.25) is 0 Å². The van der Waals surface area contributed by atoms with Crippen LogP contribution in [0.5, 0.6) is 0 Å². The van der Waals surface area contributed by atoms with Crippen LogP contribution in [-0.4, -0.2) is 18.2 Å². The molecule has 0 spiro atoms. The van der Waals surface area contributed by atoms with Crippen LogP contribution in [0.3, 0.4) is 0 Å². The van der Waals surface area contributed by atoms with Crippen molar-refractivity contribution in [1.82, 2.24) is 10.6 Å². The number of nitrogens with one attached hydrogen (secondary N) is 2. The Bertz CT molecular complexity index is 122. The predicted octanol–water partition coefficient (Wildman–Crippen LogP) is 1.91. The van der Waals surface area contributed by atoms with Crippen molar-refractivity contribution in [2.75, 3.05) is 13.1 Å². The third-order valence-corrected chi connectivity index (χ3v) is 2.33. The normalized spacial score (nSPS) is 10.0. The predicted molar refractivity (Wildman–Crippen MR) is 58.3 cm³/mol. The standard InChI is InChI=1S/C9H20N2S/c1-4-8(5-2)7-11-9(12)10-6-3/h8H,4-7H2,1-3H3,(H2,10,11,12). The zero-order chi connectivity index (χ0) is 9.40. The van der Waals surface area contributed by atoms with E-state index < -0.39 is 0 Å². The number of thiocarbonyl (C=S) groups is 1. The van der Waals surface area contributed by atoms with Gasteiger partial charge in [-0.15, -0.1) is 0 Å². The summed E-state index contributed by atoms with van der Waals surface area (Å²) in [7, 11) is 0. The SMILES string of the molecule is CCNC(=S)NCC(CC)CC. The van der Waals surface area contributed by atoms with Crippen molar-refractivity contribution in [3.63, 3.8) is 0 Å². The molecule has 2 N–H and O–H groups in total. The summed E-state index contributed by atoms with van der Waals surface area (Å²) in [6.07, 6.45) is 2.44. The van der Waals surface area contributed by atoms with Crippen molar-refractivity contribution in [1.29, 1.82) is 0 Å². The van der Waals surface area contributed by atoms with E-state index in [1.807, 2.05) is 6.92 Å². The average molecular weight is 188 g/mol. The van der Waals surface area contributed by atoms with Gasteiger partial charge in [-0.25, -0.2) is 0 Å². The van der Waals surface area contributed by atoms with Crippen LogP contribution in [0.25, 0.3) is 0 Å². The molecule has 0 aliphatic heterocycles. The fourth-order valence-electron chi connectivity index (χ4n) is 1.04. The minimum atomic E-state index is 0.751. The van der Waals surface area contributed by atoms with E-state index in [1.54, 1.807) is 0 Å². The van der Waals surface area contributed by atoms with Crippen LogP contribution in [0, 0.1) is 5.92 Å². The molecule has 0 amide bonds. The first-order valence-corrected chi connectivity index (χ1v) is 5.17. The minimum Gasteiger partial charge on any atom is -0.363 e. The highest BCUT2D eigenvalue weighted by Gasteiger charge is 2.02. The summed E-state index contributed by atoms with van der Waals surface area (Å²) in [6.45, 7) is 8.37. The molecule has 0 saturated heterocycles. The molecule has 0 unspecified atom stereocenters. The van der Waals surface area contributed by atoms with Gasteiger partial charge in [-0.2, -0.15) is 0 Å². The molecular formula is C9H20N2S. The maximum atomic E-state index is 5.05. The highest BCUT2D eigenvalue weighted by molar-refractivity contribution is 7.80. The van der Waals surface area contributed by atoms with E-state index in [0.29, 0.717) is 0 Å². The molecule has 0 aliphatic carbocycles. The molecule has 0 heterocycles. The van der Waals surface area contributed by atoms with Gasteiger partial charge in [0.15, 0.2) is 5.11 Å². The lowest BCUT2D eigenvalue weighted by molar-refractivity contribution is 0.483. The Hall–Kier alpha value is -0.310. The van der Waals surface area contributed by atoms with Gasteiger partial charge in [0.25, 0.3) is 0 Å². The van der Waals surface area contributed by atoms with Gasteiger partial charge in [-0.1, -0.05) is 26.7 Å². The number of rotatable bonds is 5. The maximum absolute atomic E-state index is 5.05.